The Kier molecular flexibility index (Phi) is 8.89. The molecule has 0 saturated heterocycles. The van der Waals surface area contributed by atoms with Gasteiger partial charge in [0.15, 0.2) is 11.5 Å². The lowest BCUT2D eigenvalue weighted by Gasteiger charge is -2.15. The number of hydrogen-bond acceptors (Lipinski definition) is 8. The van der Waals surface area contributed by atoms with Gasteiger partial charge in [0.25, 0.3) is 0 Å². The molecule has 8 nitrogen and oxygen atoms in total. The van der Waals surface area contributed by atoms with E-state index in [9.17, 15) is 0 Å². The fraction of sp³-hybridized carbons (Fsp3) is 0.250. The molecule has 10 heteroatoms. The molecule has 4 rings (SSSR count). The third-order valence-electron chi connectivity index (χ3n) is 4.90. The minimum absolute atomic E-state index is 0.422. The Morgan fingerprint density at radius 1 is 1.09 bits per heavy atom. The van der Waals surface area contributed by atoms with Crippen LogP contribution in [0.4, 0.5) is 0 Å². The smallest absolute Gasteiger partial charge is 0.214 e. The molecule has 0 atom stereocenters. The van der Waals surface area contributed by atoms with Crippen LogP contribution in [-0.4, -0.2) is 44.6 Å². The monoisotopic (exact) mass is 540 g/mol. The fourth-order valence-corrected chi connectivity index (χ4v) is 4.68. The number of pyridine rings is 1. The Bertz CT molecular complexity index is 1180. The van der Waals surface area contributed by atoms with E-state index in [1.165, 1.54) is 0 Å². The van der Waals surface area contributed by atoms with Crippen LogP contribution in [0.25, 0.3) is 5.69 Å². The number of hydrogen-bond donors (Lipinski definition) is 1. The van der Waals surface area contributed by atoms with Crippen molar-refractivity contribution in [3.05, 3.63) is 82.6 Å². The average molecular weight is 541 g/mol. The average Bonchev–Trinajstić information content (AvgIpc) is 3.35. The molecule has 0 spiro atoms. The summed E-state index contributed by atoms with van der Waals surface area (Å²) in [5.41, 5.74) is 3.07. The van der Waals surface area contributed by atoms with Crippen molar-refractivity contribution in [2.45, 2.75) is 24.7 Å². The summed E-state index contributed by atoms with van der Waals surface area (Å²) in [6.45, 7) is 2.02. The van der Waals surface area contributed by atoms with Gasteiger partial charge in [0, 0.05) is 30.3 Å². The van der Waals surface area contributed by atoms with Gasteiger partial charge in [-0.05, 0) is 75.2 Å². The number of benzene rings is 2. The molecule has 0 amide bonds. The van der Waals surface area contributed by atoms with E-state index in [0.717, 1.165) is 51.7 Å². The van der Waals surface area contributed by atoms with Gasteiger partial charge >= 0.3 is 0 Å². The van der Waals surface area contributed by atoms with Gasteiger partial charge in [0.1, 0.15) is 6.61 Å². The number of thioether (sulfide) groups is 1. The van der Waals surface area contributed by atoms with Crippen molar-refractivity contribution >= 4 is 27.7 Å². The highest BCUT2D eigenvalue weighted by Gasteiger charge is 2.12. The van der Waals surface area contributed by atoms with Gasteiger partial charge in [-0.25, -0.2) is 0 Å². The van der Waals surface area contributed by atoms with Crippen molar-refractivity contribution in [2.75, 3.05) is 19.4 Å². The first-order chi connectivity index (χ1) is 16.7. The van der Waals surface area contributed by atoms with Crippen LogP contribution in [0.3, 0.4) is 0 Å². The number of aromatic nitrogens is 5. The second kappa shape index (κ2) is 12.5. The lowest BCUT2D eigenvalue weighted by atomic mass is 10.2. The maximum atomic E-state index is 5.98. The van der Waals surface area contributed by atoms with Crippen LogP contribution in [0.1, 0.15) is 17.5 Å². The summed E-state index contributed by atoms with van der Waals surface area (Å²) in [7, 11) is 1.65. The third-order valence-corrected chi connectivity index (χ3v) is 6.49. The zero-order chi connectivity index (χ0) is 23.6. The molecule has 1 N–H and O–H groups in total. The lowest BCUT2D eigenvalue weighted by molar-refractivity contribution is 0.282. The van der Waals surface area contributed by atoms with Crippen LogP contribution in [0.15, 0.2) is 76.6 Å². The third kappa shape index (κ3) is 6.55. The molecular formula is C24H25BrN6O2S. The molecule has 0 aliphatic rings. The molecule has 0 unspecified atom stereocenters. The topological polar surface area (TPSA) is 87.0 Å². The number of ether oxygens (including phenoxy) is 2. The summed E-state index contributed by atoms with van der Waals surface area (Å²) in [5, 5.41) is 16.3. The van der Waals surface area contributed by atoms with Crippen LogP contribution in [0.5, 0.6) is 11.5 Å². The van der Waals surface area contributed by atoms with Gasteiger partial charge in [0.05, 0.1) is 17.3 Å². The van der Waals surface area contributed by atoms with E-state index < -0.39 is 0 Å². The normalized spacial score (nSPS) is 10.9. The second-order valence-corrected chi connectivity index (χ2v) is 9.26. The number of tetrazole rings is 1. The number of methoxy groups -OCH3 is 1. The zero-order valence-electron chi connectivity index (χ0n) is 18.7. The van der Waals surface area contributed by atoms with Crippen molar-refractivity contribution in [1.82, 2.24) is 30.5 Å². The van der Waals surface area contributed by atoms with Gasteiger partial charge in [-0.1, -0.05) is 36.0 Å². The van der Waals surface area contributed by atoms with E-state index >= 15 is 0 Å². The van der Waals surface area contributed by atoms with Crippen LogP contribution < -0.4 is 14.8 Å². The summed E-state index contributed by atoms with van der Waals surface area (Å²) >= 11 is 5.27. The minimum atomic E-state index is 0.422. The molecule has 0 aliphatic heterocycles. The van der Waals surface area contributed by atoms with Gasteiger partial charge in [-0.3, -0.25) is 4.98 Å². The highest BCUT2D eigenvalue weighted by molar-refractivity contribution is 9.10. The molecule has 2 aromatic carbocycles. The Labute approximate surface area is 211 Å². The van der Waals surface area contributed by atoms with E-state index in [4.69, 9.17) is 9.47 Å². The number of nitrogens with zero attached hydrogens (tertiary/aromatic N) is 5. The van der Waals surface area contributed by atoms with E-state index in [1.807, 2.05) is 48.5 Å². The zero-order valence-corrected chi connectivity index (χ0v) is 21.1. The lowest BCUT2D eigenvalue weighted by Crippen LogP contribution is -2.15. The fourth-order valence-electron chi connectivity index (χ4n) is 3.25. The number of para-hydroxylation sites is 1. The summed E-state index contributed by atoms with van der Waals surface area (Å²) in [5.74, 6) is 2.29. The highest BCUT2D eigenvalue weighted by Crippen LogP contribution is 2.37. The molecule has 34 heavy (non-hydrogen) atoms. The second-order valence-electron chi connectivity index (χ2n) is 7.35. The number of rotatable bonds is 12. The molecule has 0 aliphatic carbocycles. The highest BCUT2D eigenvalue weighted by atomic mass is 79.9. The van der Waals surface area contributed by atoms with E-state index in [2.05, 4.69) is 47.8 Å². The summed E-state index contributed by atoms with van der Waals surface area (Å²) in [4.78, 5) is 4.12. The standard InChI is InChI=1S/C24H25BrN6O2S/c1-32-22-14-19(13-21(25)23(22)33-17-18-7-5-10-26-15-18)16-27-11-6-12-34-24-28-29-30-31(24)20-8-3-2-4-9-20/h2-5,7-10,13-15,27H,6,11-12,16-17H2,1H3. The number of nitrogens with one attached hydrogen (secondary N) is 1. The summed E-state index contributed by atoms with van der Waals surface area (Å²) in [6.07, 6.45) is 4.52. The largest absolute Gasteiger partial charge is 0.493 e. The van der Waals surface area contributed by atoms with Crippen LogP contribution in [0, 0.1) is 0 Å². The van der Waals surface area contributed by atoms with Crippen LogP contribution in [0.2, 0.25) is 0 Å². The van der Waals surface area contributed by atoms with Crippen LogP contribution in [-0.2, 0) is 13.2 Å². The molecule has 2 heterocycles. The van der Waals surface area contributed by atoms with Crippen molar-refractivity contribution in [2.24, 2.45) is 0 Å². The summed E-state index contributed by atoms with van der Waals surface area (Å²) < 4.78 is 14.2. The Hall–Kier alpha value is -2.95. The molecule has 0 fully saturated rings. The number of halogens is 1. The van der Waals surface area contributed by atoms with Crippen molar-refractivity contribution in [1.29, 1.82) is 0 Å². The summed E-state index contributed by atoms with van der Waals surface area (Å²) in [6, 6.07) is 17.8. The first-order valence-electron chi connectivity index (χ1n) is 10.8. The molecule has 4 aromatic rings. The Balaban J connectivity index is 1.24. The maximum absolute atomic E-state index is 5.98. The molecule has 0 bridgehead atoms. The molecule has 176 valence electrons. The quantitative estimate of drug-likeness (QED) is 0.205. The predicted octanol–water partition coefficient (Wildman–Crippen LogP) is 4.68. The van der Waals surface area contributed by atoms with Crippen molar-refractivity contribution in [3.8, 4) is 17.2 Å². The van der Waals surface area contributed by atoms with E-state index in [-0.39, 0.29) is 0 Å². The van der Waals surface area contributed by atoms with Gasteiger partial charge in [0.2, 0.25) is 5.16 Å². The maximum Gasteiger partial charge on any atom is 0.214 e. The van der Waals surface area contributed by atoms with Crippen LogP contribution >= 0.6 is 27.7 Å². The Morgan fingerprint density at radius 3 is 2.76 bits per heavy atom. The molecule has 0 radical (unpaired) electrons. The molecule has 2 aromatic heterocycles. The SMILES string of the molecule is COc1cc(CNCCCSc2nnnn2-c2ccccc2)cc(Br)c1OCc1cccnc1. The van der Waals surface area contributed by atoms with Crippen molar-refractivity contribution in [3.63, 3.8) is 0 Å². The minimum Gasteiger partial charge on any atom is -0.493 e. The molecular weight excluding hydrogens is 516 g/mol. The molecule has 0 saturated carbocycles. The van der Waals surface area contributed by atoms with E-state index in [0.29, 0.717) is 18.1 Å². The first kappa shape index (κ1) is 24.2. The van der Waals surface area contributed by atoms with Gasteiger partial charge in [-0.2, -0.15) is 4.68 Å². The predicted molar refractivity (Wildman–Crippen MR) is 135 cm³/mol. The van der Waals surface area contributed by atoms with E-state index in [1.54, 1.807) is 35.9 Å². The van der Waals surface area contributed by atoms with Gasteiger partial charge in [-0.15, -0.1) is 5.10 Å². The Morgan fingerprint density at radius 2 is 1.97 bits per heavy atom. The van der Waals surface area contributed by atoms with Gasteiger partial charge < -0.3 is 14.8 Å². The van der Waals surface area contributed by atoms with Crippen molar-refractivity contribution < 1.29 is 9.47 Å². The first-order valence-corrected chi connectivity index (χ1v) is 12.6.